The molecule has 2 heterocycles. The number of tetrazole rings is 1. The summed E-state index contributed by atoms with van der Waals surface area (Å²) in [6, 6.07) is 1.76. The maximum atomic E-state index is 12.6. The molecule has 1 amide bonds. The van der Waals surface area contributed by atoms with E-state index in [1.165, 1.54) is 34.4 Å². The van der Waals surface area contributed by atoms with E-state index in [-0.39, 0.29) is 12.5 Å². The number of hydrogen-bond donors (Lipinski definition) is 0. The smallest absolute Gasteiger partial charge is 0.325 e. The van der Waals surface area contributed by atoms with Crippen LogP contribution in [0, 0.1) is 0 Å². The molecule has 0 radical (unpaired) electrons. The summed E-state index contributed by atoms with van der Waals surface area (Å²) in [7, 11) is 1.30. The van der Waals surface area contributed by atoms with Crippen molar-refractivity contribution >= 4 is 23.2 Å². The van der Waals surface area contributed by atoms with Gasteiger partial charge in [0.05, 0.1) is 12.8 Å². The summed E-state index contributed by atoms with van der Waals surface area (Å²) in [5.41, 5.74) is 0.598. The summed E-state index contributed by atoms with van der Waals surface area (Å²) in [6.07, 6.45) is 2.16. The summed E-state index contributed by atoms with van der Waals surface area (Å²) in [5.74, 6) is -0.680. The van der Waals surface area contributed by atoms with Crippen LogP contribution in [0.15, 0.2) is 17.8 Å². The molecule has 2 aromatic heterocycles. The summed E-state index contributed by atoms with van der Waals surface area (Å²) < 4.78 is 6.05. The number of nitrogens with zero attached hydrogens (tertiary/aromatic N) is 5. The maximum Gasteiger partial charge on any atom is 0.325 e. The Kier molecular flexibility index (Phi) is 4.99. The summed E-state index contributed by atoms with van der Waals surface area (Å²) in [5, 5.41) is 12.7. The summed E-state index contributed by atoms with van der Waals surface area (Å²) in [4.78, 5) is 26.0. The molecule has 0 unspecified atom stereocenters. The summed E-state index contributed by atoms with van der Waals surface area (Å²) in [6.45, 7) is 2.34. The number of aromatic nitrogens is 4. The maximum absolute atomic E-state index is 12.6. The van der Waals surface area contributed by atoms with Gasteiger partial charge in [-0.3, -0.25) is 9.59 Å². The molecule has 0 fully saturated rings. The van der Waals surface area contributed by atoms with E-state index < -0.39 is 5.97 Å². The monoisotopic (exact) mass is 309 g/mol. The number of methoxy groups -OCH3 is 1. The molecule has 0 aliphatic rings. The molecule has 0 aliphatic heterocycles. The van der Waals surface area contributed by atoms with Gasteiger partial charge in [-0.25, -0.2) is 0 Å². The first kappa shape index (κ1) is 15.1. The number of carbonyl (C=O) groups excluding carboxylic acids is 2. The Hall–Kier alpha value is -2.29. The number of esters is 1. The van der Waals surface area contributed by atoms with Gasteiger partial charge in [0.1, 0.15) is 17.7 Å². The van der Waals surface area contributed by atoms with Crippen molar-refractivity contribution in [1.82, 2.24) is 25.1 Å². The van der Waals surface area contributed by atoms with Gasteiger partial charge in [-0.05, 0) is 28.3 Å². The molecule has 9 heteroatoms. The summed E-state index contributed by atoms with van der Waals surface area (Å²) >= 11 is 1.29. The first-order chi connectivity index (χ1) is 10.2. The molecule has 0 saturated carbocycles. The standard InChI is InChI=1S/C12H15N5O3S/c1-3-5-16(7-10(18)20-2)12(19)11-9(4-6-21-11)17-8-13-14-15-17/h4,6,8H,3,5,7H2,1-2H3. The van der Waals surface area contributed by atoms with Crippen molar-refractivity contribution in [2.75, 3.05) is 20.2 Å². The van der Waals surface area contributed by atoms with Crippen LogP contribution in [0.4, 0.5) is 0 Å². The molecular formula is C12H15N5O3S. The minimum Gasteiger partial charge on any atom is -0.468 e. The third-order valence-corrected chi connectivity index (χ3v) is 3.65. The van der Waals surface area contributed by atoms with E-state index in [4.69, 9.17) is 0 Å². The Morgan fingerprint density at radius 2 is 2.29 bits per heavy atom. The molecular weight excluding hydrogens is 294 g/mol. The van der Waals surface area contributed by atoms with Crippen molar-refractivity contribution in [1.29, 1.82) is 0 Å². The van der Waals surface area contributed by atoms with Gasteiger partial charge in [-0.1, -0.05) is 6.92 Å². The van der Waals surface area contributed by atoms with Gasteiger partial charge in [0, 0.05) is 6.54 Å². The second kappa shape index (κ2) is 6.93. The molecule has 21 heavy (non-hydrogen) atoms. The molecule has 0 saturated heterocycles. The molecule has 0 aromatic carbocycles. The molecule has 0 spiro atoms. The van der Waals surface area contributed by atoms with Crippen molar-refractivity contribution in [2.45, 2.75) is 13.3 Å². The molecule has 112 valence electrons. The third kappa shape index (κ3) is 3.43. The number of ether oxygens (including phenoxy) is 1. The largest absolute Gasteiger partial charge is 0.468 e. The van der Waals surface area contributed by atoms with Crippen molar-refractivity contribution < 1.29 is 14.3 Å². The lowest BCUT2D eigenvalue weighted by Gasteiger charge is -2.20. The van der Waals surface area contributed by atoms with Crippen molar-refractivity contribution in [2.24, 2.45) is 0 Å². The van der Waals surface area contributed by atoms with Gasteiger partial charge >= 0.3 is 5.97 Å². The van der Waals surface area contributed by atoms with Crippen LogP contribution in [0.3, 0.4) is 0 Å². The van der Waals surface area contributed by atoms with Gasteiger partial charge in [0.2, 0.25) is 0 Å². The van der Waals surface area contributed by atoms with E-state index in [0.717, 1.165) is 6.42 Å². The Morgan fingerprint density at radius 3 is 2.90 bits per heavy atom. The topological polar surface area (TPSA) is 90.2 Å². The van der Waals surface area contributed by atoms with Crippen LogP contribution >= 0.6 is 11.3 Å². The first-order valence-electron chi connectivity index (χ1n) is 6.34. The van der Waals surface area contributed by atoms with Crippen molar-refractivity contribution in [3.63, 3.8) is 0 Å². The molecule has 0 bridgehead atoms. The third-order valence-electron chi connectivity index (χ3n) is 2.76. The van der Waals surface area contributed by atoms with Gasteiger partial charge in [-0.15, -0.1) is 16.4 Å². The van der Waals surface area contributed by atoms with Crippen LogP contribution in [0.2, 0.25) is 0 Å². The molecule has 2 rings (SSSR count). The van der Waals surface area contributed by atoms with Crippen LogP contribution in [0.25, 0.3) is 5.69 Å². The number of amides is 1. The van der Waals surface area contributed by atoms with E-state index in [1.807, 2.05) is 6.92 Å². The fourth-order valence-corrected chi connectivity index (χ4v) is 2.65. The lowest BCUT2D eigenvalue weighted by Crippen LogP contribution is -2.36. The quantitative estimate of drug-likeness (QED) is 0.731. The zero-order chi connectivity index (χ0) is 15.2. The van der Waals surface area contributed by atoms with E-state index in [2.05, 4.69) is 20.3 Å². The Labute approximate surface area is 125 Å². The lowest BCUT2D eigenvalue weighted by molar-refractivity contribution is -0.141. The number of thiophene rings is 1. The van der Waals surface area contributed by atoms with Gasteiger partial charge in [-0.2, -0.15) is 4.68 Å². The first-order valence-corrected chi connectivity index (χ1v) is 7.22. The number of carbonyl (C=O) groups is 2. The minimum atomic E-state index is -0.447. The van der Waals surface area contributed by atoms with Crippen molar-refractivity contribution in [3.05, 3.63) is 22.7 Å². The molecule has 0 atom stereocenters. The highest BCUT2D eigenvalue weighted by molar-refractivity contribution is 7.12. The average molecular weight is 309 g/mol. The average Bonchev–Trinajstić information content (AvgIpc) is 3.15. The highest BCUT2D eigenvalue weighted by Crippen LogP contribution is 2.22. The Morgan fingerprint density at radius 1 is 1.48 bits per heavy atom. The van der Waals surface area contributed by atoms with Crippen LogP contribution < -0.4 is 0 Å². The van der Waals surface area contributed by atoms with Gasteiger partial charge in [0.15, 0.2) is 0 Å². The zero-order valence-electron chi connectivity index (χ0n) is 11.7. The van der Waals surface area contributed by atoms with Gasteiger partial charge < -0.3 is 9.64 Å². The second-order valence-electron chi connectivity index (χ2n) is 4.19. The SMILES string of the molecule is CCCN(CC(=O)OC)C(=O)c1sccc1-n1cnnn1. The predicted molar refractivity (Wildman–Crippen MR) is 75.2 cm³/mol. The van der Waals surface area contributed by atoms with E-state index in [9.17, 15) is 9.59 Å². The normalized spacial score (nSPS) is 10.4. The highest BCUT2D eigenvalue weighted by atomic mass is 32.1. The van der Waals surface area contributed by atoms with E-state index in [1.54, 1.807) is 11.4 Å². The van der Waals surface area contributed by atoms with Crippen LogP contribution in [-0.4, -0.2) is 57.2 Å². The van der Waals surface area contributed by atoms with Crippen LogP contribution in [0.1, 0.15) is 23.0 Å². The van der Waals surface area contributed by atoms with Gasteiger partial charge in [0.25, 0.3) is 5.91 Å². The van der Waals surface area contributed by atoms with Crippen LogP contribution in [-0.2, 0) is 9.53 Å². The predicted octanol–water partition coefficient (Wildman–Crippen LogP) is 0.749. The molecule has 8 nitrogen and oxygen atoms in total. The molecule has 2 aromatic rings. The fourth-order valence-electron chi connectivity index (χ4n) is 1.80. The minimum absolute atomic E-state index is 0.0733. The Bertz CT molecular complexity index is 610. The van der Waals surface area contributed by atoms with E-state index >= 15 is 0 Å². The number of rotatable bonds is 6. The molecule has 0 aliphatic carbocycles. The van der Waals surface area contributed by atoms with E-state index in [0.29, 0.717) is 17.1 Å². The number of hydrogen-bond acceptors (Lipinski definition) is 7. The van der Waals surface area contributed by atoms with Crippen molar-refractivity contribution in [3.8, 4) is 5.69 Å². The lowest BCUT2D eigenvalue weighted by atomic mass is 10.3. The second-order valence-corrected chi connectivity index (χ2v) is 5.11. The highest BCUT2D eigenvalue weighted by Gasteiger charge is 2.23. The fraction of sp³-hybridized carbons (Fsp3) is 0.417. The Balaban J connectivity index is 2.25. The van der Waals surface area contributed by atoms with Crippen LogP contribution in [0.5, 0.6) is 0 Å². The zero-order valence-corrected chi connectivity index (χ0v) is 12.5. The molecule has 0 N–H and O–H groups in total.